The van der Waals surface area contributed by atoms with Crippen LogP contribution in [-0.4, -0.2) is 5.71 Å². The number of hydrogen-bond acceptors (Lipinski definition) is 3. The number of anilines is 1. The molecule has 0 saturated heterocycles. The molecular weight excluding hydrogens is 300 g/mol. The maximum absolute atomic E-state index is 4.95. The summed E-state index contributed by atoms with van der Waals surface area (Å²) in [5.41, 5.74) is 4.80. The van der Waals surface area contributed by atoms with Gasteiger partial charge in [-0.2, -0.15) is 5.10 Å². The Morgan fingerprint density at radius 1 is 0.957 bits per heavy atom. The van der Waals surface area contributed by atoms with Gasteiger partial charge in [-0.25, -0.2) is 0 Å². The third kappa shape index (κ3) is 2.80. The van der Waals surface area contributed by atoms with Gasteiger partial charge >= 0.3 is 0 Å². The standard InChI is InChI=1S/C20H18N2S/c1-15-9-11-16(12-10-15)18-14-19(20-8-5-13-23-20)22(21-18)17-6-3-2-4-7-17/h2-13,19H,14H2,1H3. The monoisotopic (exact) mass is 318 g/mol. The molecular formula is C20H18N2S. The molecule has 1 unspecified atom stereocenters. The SMILES string of the molecule is Cc1ccc(C2=NN(c3ccccc3)C(c3cccs3)C2)cc1. The third-order valence-corrected chi connectivity index (χ3v) is 5.16. The first-order chi connectivity index (χ1) is 11.3. The smallest absolute Gasteiger partial charge is 0.0923 e. The van der Waals surface area contributed by atoms with E-state index in [0.717, 1.165) is 17.8 Å². The summed E-state index contributed by atoms with van der Waals surface area (Å²) in [6, 6.07) is 23.7. The van der Waals surface area contributed by atoms with Crippen LogP contribution in [0, 0.1) is 6.92 Å². The summed E-state index contributed by atoms with van der Waals surface area (Å²) in [5, 5.41) is 9.26. The van der Waals surface area contributed by atoms with E-state index < -0.39 is 0 Å². The van der Waals surface area contributed by atoms with Crippen molar-refractivity contribution in [2.75, 3.05) is 5.01 Å². The topological polar surface area (TPSA) is 15.6 Å². The van der Waals surface area contributed by atoms with Gasteiger partial charge in [0.2, 0.25) is 0 Å². The second-order valence-corrected chi connectivity index (χ2v) is 6.81. The number of hydrogen-bond donors (Lipinski definition) is 0. The van der Waals surface area contributed by atoms with E-state index in [1.165, 1.54) is 16.0 Å². The Kier molecular flexibility index (Phi) is 3.72. The van der Waals surface area contributed by atoms with E-state index in [1.807, 2.05) is 6.07 Å². The predicted octanol–water partition coefficient (Wildman–Crippen LogP) is 5.41. The first-order valence-corrected chi connectivity index (χ1v) is 8.71. The zero-order valence-electron chi connectivity index (χ0n) is 13.0. The van der Waals surface area contributed by atoms with Crippen molar-refractivity contribution in [1.82, 2.24) is 0 Å². The molecule has 3 heteroatoms. The van der Waals surface area contributed by atoms with Crippen LogP contribution in [0.25, 0.3) is 0 Å². The van der Waals surface area contributed by atoms with E-state index in [4.69, 9.17) is 5.10 Å². The summed E-state index contributed by atoms with van der Waals surface area (Å²) in [7, 11) is 0. The van der Waals surface area contributed by atoms with E-state index in [2.05, 4.69) is 78.0 Å². The number of hydrazone groups is 1. The van der Waals surface area contributed by atoms with Crippen LogP contribution in [0.5, 0.6) is 0 Å². The summed E-state index contributed by atoms with van der Waals surface area (Å²) < 4.78 is 0. The molecule has 1 aliphatic heterocycles. The van der Waals surface area contributed by atoms with Crippen LogP contribution in [0.4, 0.5) is 5.69 Å². The Bertz CT molecular complexity index is 805. The van der Waals surface area contributed by atoms with Gasteiger partial charge in [-0.15, -0.1) is 11.3 Å². The molecule has 114 valence electrons. The molecule has 1 aliphatic rings. The van der Waals surface area contributed by atoms with E-state index in [9.17, 15) is 0 Å². The molecule has 23 heavy (non-hydrogen) atoms. The summed E-state index contributed by atoms with van der Waals surface area (Å²) in [4.78, 5) is 1.36. The fourth-order valence-electron chi connectivity index (χ4n) is 2.95. The molecule has 0 spiro atoms. The average molecular weight is 318 g/mol. The Morgan fingerprint density at radius 3 is 2.43 bits per heavy atom. The summed E-state index contributed by atoms with van der Waals surface area (Å²) in [6.45, 7) is 2.12. The first kappa shape index (κ1) is 14.2. The van der Waals surface area contributed by atoms with Gasteiger partial charge in [-0.1, -0.05) is 54.1 Å². The van der Waals surface area contributed by atoms with Crippen molar-refractivity contribution >= 4 is 22.7 Å². The summed E-state index contributed by atoms with van der Waals surface area (Å²) in [6.07, 6.45) is 0.943. The van der Waals surface area contributed by atoms with Crippen LogP contribution >= 0.6 is 11.3 Å². The van der Waals surface area contributed by atoms with Crippen LogP contribution in [0.1, 0.15) is 28.5 Å². The molecule has 0 aliphatic carbocycles. The lowest BCUT2D eigenvalue weighted by Crippen LogP contribution is -2.17. The molecule has 0 N–H and O–H groups in total. The van der Waals surface area contributed by atoms with Crippen molar-refractivity contribution in [2.24, 2.45) is 5.10 Å². The predicted molar refractivity (Wildman–Crippen MR) is 98.3 cm³/mol. The molecule has 0 fully saturated rings. The molecule has 4 rings (SSSR count). The summed E-state index contributed by atoms with van der Waals surface area (Å²) in [5.74, 6) is 0. The Hall–Kier alpha value is -2.39. The molecule has 0 bridgehead atoms. The Labute approximate surface area is 140 Å². The van der Waals surface area contributed by atoms with Gasteiger partial charge in [0.15, 0.2) is 0 Å². The normalized spacial score (nSPS) is 17.3. The van der Waals surface area contributed by atoms with Crippen LogP contribution in [-0.2, 0) is 0 Å². The van der Waals surface area contributed by atoms with Gasteiger partial charge in [-0.05, 0) is 36.1 Å². The number of aryl methyl sites for hydroxylation is 1. The molecule has 0 saturated carbocycles. The number of nitrogens with zero attached hydrogens (tertiary/aromatic N) is 2. The van der Waals surface area contributed by atoms with Gasteiger partial charge in [0.05, 0.1) is 17.4 Å². The molecule has 0 radical (unpaired) electrons. The van der Waals surface area contributed by atoms with Crippen molar-refractivity contribution in [2.45, 2.75) is 19.4 Å². The summed E-state index contributed by atoms with van der Waals surface area (Å²) >= 11 is 1.80. The molecule has 2 nitrogen and oxygen atoms in total. The fourth-order valence-corrected chi connectivity index (χ4v) is 3.76. The quantitative estimate of drug-likeness (QED) is 0.630. The highest BCUT2D eigenvalue weighted by atomic mass is 32.1. The van der Waals surface area contributed by atoms with Crippen molar-refractivity contribution in [3.05, 3.63) is 88.1 Å². The zero-order valence-corrected chi connectivity index (χ0v) is 13.8. The molecule has 2 heterocycles. The number of para-hydroxylation sites is 1. The lowest BCUT2D eigenvalue weighted by atomic mass is 10.0. The number of benzene rings is 2. The zero-order chi connectivity index (χ0) is 15.6. The van der Waals surface area contributed by atoms with Gasteiger partial charge in [0.1, 0.15) is 0 Å². The number of thiophene rings is 1. The van der Waals surface area contributed by atoms with Crippen molar-refractivity contribution in [3.63, 3.8) is 0 Å². The van der Waals surface area contributed by atoms with E-state index >= 15 is 0 Å². The second kappa shape index (κ2) is 6.01. The Balaban J connectivity index is 1.73. The van der Waals surface area contributed by atoms with Crippen LogP contribution < -0.4 is 5.01 Å². The van der Waals surface area contributed by atoms with Gasteiger partial charge in [-0.3, -0.25) is 5.01 Å². The van der Waals surface area contributed by atoms with E-state index in [1.54, 1.807) is 11.3 Å². The van der Waals surface area contributed by atoms with E-state index in [-0.39, 0.29) is 6.04 Å². The minimum Gasteiger partial charge on any atom is -0.257 e. The lowest BCUT2D eigenvalue weighted by Gasteiger charge is -2.22. The fraction of sp³-hybridized carbons (Fsp3) is 0.150. The largest absolute Gasteiger partial charge is 0.257 e. The van der Waals surface area contributed by atoms with E-state index in [0.29, 0.717) is 0 Å². The minimum absolute atomic E-state index is 0.286. The molecule has 2 aromatic carbocycles. The Morgan fingerprint density at radius 2 is 1.74 bits per heavy atom. The molecule has 3 aromatic rings. The first-order valence-electron chi connectivity index (χ1n) is 7.83. The average Bonchev–Trinajstić information content (AvgIpc) is 3.26. The maximum atomic E-state index is 4.95. The highest BCUT2D eigenvalue weighted by Gasteiger charge is 2.30. The minimum atomic E-state index is 0.286. The van der Waals surface area contributed by atoms with Crippen molar-refractivity contribution < 1.29 is 0 Å². The van der Waals surface area contributed by atoms with Crippen LogP contribution in [0.15, 0.2) is 77.2 Å². The third-order valence-electron chi connectivity index (χ3n) is 4.19. The molecule has 1 atom stereocenters. The second-order valence-electron chi connectivity index (χ2n) is 5.83. The lowest BCUT2D eigenvalue weighted by molar-refractivity contribution is 0.722. The van der Waals surface area contributed by atoms with Gasteiger partial charge in [0.25, 0.3) is 0 Å². The maximum Gasteiger partial charge on any atom is 0.0923 e. The van der Waals surface area contributed by atoms with Gasteiger partial charge < -0.3 is 0 Å². The number of rotatable bonds is 3. The van der Waals surface area contributed by atoms with Crippen LogP contribution in [0.2, 0.25) is 0 Å². The molecule has 0 amide bonds. The van der Waals surface area contributed by atoms with Crippen molar-refractivity contribution in [1.29, 1.82) is 0 Å². The highest BCUT2D eigenvalue weighted by Crippen LogP contribution is 2.38. The molecule has 1 aromatic heterocycles. The van der Waals surface area contributed by atoms with Gasteiger partial charge in [0, 0.05) is 11.3 Å². The van der Waals surface area contributed by atoms with Crippen molar-refractivity contribution in [3.8, 4) is 0 Å². The van der Waals surface area contributed by atoms with Crippen LogP contribution in [0.3, 0.4) is 0 Å². The highest BCUT2D eigenvalue weighted by molar-refractivity contribution is 7.10.